The molecule has 2 rings (SSSR count). The van der Waals surface area contributed by atoms with Crippen LogP contribution >= 0.6 is 0 Å². The summed E-state index contributed by atoms with van der Waals surface area (Å²) >= 11 is 0. The van der Waals surface area contributed by atoms with Crippen LogP contribution in [0.2, 0.25) is 0 Å². The maximum absolute atomic E-state index is 9.94. The molecule has 1 aromatic carbocycles. The van der Waals surface area contributed by atoms with E-state index in [0.29, 0.717) is 22.8 Å². The summed E-state index contributed by atoms with van der Waals surface area (Å²) in [5, 5.41) is 19.5. The van der Waals surface area contributed by atoms with Crippen molar-refractivity contribution in [3.05, 3.63) is 17.7 Å². The minimum atomic E-state index is -0.995. The zero-order valence-electron chi connectivity index (χ0n) is 12.2. The van der Waals surface area contributed by atoms with Crippen LogP contribution in [0.15, 0.2) is 12.1 Å². The summed E-state index contributed by atoms with van der Waals surface area (Å²) in [4.78, 5) is 0. The summed E-state index contributed by atoms with van der Waals surface area (Å²) < 4.78 is 26.3. The van der Waals surface area contributed by atoms with Crippen molar-refractivity contribution < 1.29 is 33.9 Å². The van der Waals surface area contributed by atoms with E-state index in [1.165, 1.54) is 21.3 Å². The van der Waals surface area contributed by atoms with Crippen molar-refractivity contribution in [1.29, 1.82) is 0 Å². The van der Waals surface area contributed by atoms with Crippen molar-refractivity contribution in [3.8, 4) is 17.2 Å². The Balaban J connectivity index is 2.36. The van der Waals surface area contributed by atoms with Gasteiger partial charge < -0.3 is 33.9 Å². The van der Waals surface area contributed by atoms with Gasteiger partial charge in [0.2, 0.25) is 5.75 Å². The zero-order chi connectivity index (χ0) is 15.4. The summed E-state index contributed by atoms with van der Waals surface area (Å²) in [5.41, 5.74) is 0.637. The Bertz CT molecular complexity index is 451. The van der Waals surface area contributed by atoms with E-state index in [1.807, 2.05) is 0 Å². The van der Waals surface area contributed by atoms with Gasteiger partial charge in [0, 0.05) is 7.11 Å². The number of hydrogen-bond acceptors (Lipinski definition) is 7. The van der Waals surface area contributed by atoms with Crippen LogP contribution in [0.1, 0.15) is 11.7 Å². The molecule has 0 amide bonds. The molecule has 118 valence electrons. The fourth-order valence-electron chi connectivity index (χ4n) is 2.22. The first kappa shape index (κ1) is 15.8. The van der Waals surface area contributed by atoms with Crippen molar-refractivity contribution in [3.63, 3.8) is 0 Å². The molecule has 0 radical (unpaired) electrons. The smallest absolute Gasteiger partial charge is 0.206 e. The molecule has 1 aliphatic heterocycles. The molecule has 1 heterocycles. The molecule has 1 aliphatic rings. The lowest BCUT2D eigenvalue weighted by Gasteiger charge is -2.19. The molecule has 0 spiro atoms. The van der Waals surface area contributed by atoms with Gasteiger partial charge in [0.1, 0.15) is 18.3 Å². The second-order valence-corrected chi connectivity index (χ2v) is 4.62. The first-order valence-corrected chi connectivity index (χ1v) is 6.47. The van der Waals surface area contributed by atoms with Crippen molar-refractivity contribution >= 4 is 0 Å². The second-order valence-electron chi connectivity index (χ2n) is 4.62. The number of ether oxygens (including phenoxy) is 5. The maximum Gasteiger partial charge on any atom is 0.206 e. The third-order valence-electron chi connectivity index (χ3n) is 3.28. The van der Waals surface area contributed by atoms with Crippen LogP contribution in [0.5, 0.6) is 17.2 Å². The second kappa shape index (κ2) is 6.95. The maximum atomic E-state index is 9.94. The SMILES string of the molecule is COCOc1c(OC)cc(C2OCC(O)C2O)cc1OC. The molecule has 0 saturated carbocycles. The van der Waals surface area contributed by atoms with E-state index in [1.54, 1.807) is 12.1 Å². The van der Waals surface area contributed by atoms with Crippen LogP contribution in [0.4, 0.5) is 0 Å². The summed E-state index contributed by atoms with van der Waals surface area (Å²) in [7, 11) is 4.51. The van der Waals surface area contributed by atoms with Gasteiger partial charge >= 0.3 is 0 Å². The number of methoxy groups -OCH3 is 3. The molecule has 0 bridgehead atoms. The predicted molar refractivity (Wildman–Crippen MR) is 72.8 cm³/mol. The third-order valence-corrected chi connectivity index (χ3v) is 3.28. The summed E-state index contributed by atoms with van der Waals surface area (Å²) in [6.07, 6.45) is -2.54. The molecule has 3 unspecified atom stereocenters. The van der Waals surface area contributed by atoms with Gasteiger partial charge in [-0.3, -0.25) is 0 Å². The summed E-state index contributed by atoms with van der Waals surface area (Å²) in [6.45, 7) is 0.131. The molecule has 0 aromatic heterocycles. The number of aliphatic hydroxyl groups excluding tert-OH is 2. The van der Waals surface area contributed by atoms with Crippen molar-refractivity contribution in [2.24, 2.45) is 0 Å². The topological polar surface area (TPSA) is 86.6 Å². The Morgan fingerprint density at radius 3 is 2.19 bits per heavy atom. The first-order chi connectivity index (χ1) is 10.1. The normalized spacial score (nSPS) is 24.9. The highest BCUT2D eigenvalue weighted by Gasteiger charge is 2.36. The van der Waals surface area contributed by atoms with E-state index >= 15 is 0 Å². The van der Waals surface area contributed by atoms with Crippen LogP contribution < -0.4 is 14.2 Å². The molecule has 1 saturated heterocycles. The predicted octanol–water partition coefficient (Wildman–Crippen LogP) is 0.480. The summed E-state index contributed by atoms with van der Waals surface area (Å²) in [5.74, 6) is 1.26. The Hall–Kier alpha value is -1.54. The van der Waals surface area contributed by atoms with Crippen LogP contribution in [-0.4, -0.2) is 57.2 Å². The van der Waals surface area contributed by atoms with Gasteiger partial charge in [-0.1, -0.05) is 0 Å². The highest BCUT2D eigenvalue weighted by molar-refractivity contribution is 5.54. The molecule has 1 aromatic rings. The lowest BCUT2D eigenvalue weighted by Crippen LogP contribution is -2.25. The molecule has 0 aliphatic carbocycles. The Morgan fingerprint density at radius 1 is 1.14 bits per heavy atom. The lowest BCUT2D eigenvalue weighted by molar-refractivity contribution is 0.0220. The van der Waals surface area contributed by atoms with Gasteiger partial charge in [0.05, 0.1) is 20.8 Å². The molecule has 2 N–H and O–H groups in total. The van der Waals surface area contributed by atoms with Gasteiger partial charge in [-0.15, -0.1) is 0 Å². The van der Waals surface area contributed by atoms with Gasteiger partial charge in [-0.2, -0.15) is 0 Å². The van der Waals surface area contributed by atoms with E-state index < -0.39 is 18.3 Å². The fraction of sp³-hybridized carbons (Fsp3) is 0.571. The van der Waals surface area contributed by atoms with Crippen LogP contribution in [0.25, 0.3) is 0 Å². The molecule has 7 heteroatoms. The number of benzene rings is 1. The molecular formula is C14H20O7. The molecule has 21 heavy (non-hydrogen) atoms. The van der Waals surface area contributed by atoms with E-state index in [2.05, 4.69) is 0 Å². The van der Waals surface area contributed by atoms with Crippen LogP contribution in [0.3, 0.4) is 0 Å². The van der Waals surface area contributed by atoms with Gasteiger partial charge in [0.25, 0.3) is 0 Å². The summed E-state index contributed by atoms with van der Waals surface area (Å²) in [6, 6.07) is 3.36. The minimum Gasteiger partial charge on any atom is -0.493 e. The zero-order valence-corrected chi connectivity index (χ0v) is 12.2. The van der Waals surface area contributed by atoms with Crippen molar-refractivity contribution in [2.75, 3.05) is 34.7 Å². The average molecular weight is 300 g/mol. The third kappa shape index (κ3) is 3.21. The molecule has 1 fully saturated rings. The number of aliphatic hydroxyl groups is 2. The van der Waals surface area contributed by atoms with Gasteiger partial charge in [-0.05, 0) is 17.7 Å². The number of rotatable bonds is 6. The van der Waals surface area contributed by atoms with Gasteiger partial charge in [0.15, 0.2) is 18.3 Å². The minimum absolute atomic E-state index is 0.0489. The Morgan fingerprint density at radius 2 is 1.76 bits per heavy atom. The van der Waals surface area contributed by atoms with E-state index in [0.717, 1.165) is 0 Å². The largest absolute Gasteiger partial charge is 0.493 e. The highest BCUT2D eigenvalue weighted by Crippen LogP contribution is 2.42. The van der Waals surface area contributed by atoms with Crippen molar-refractivity contribution in [2.45, 2.75) is 18.3 Å². The van der Waals surface area contributed by atoms with E-state index in [-0.39, 0.29) is 13.4 Å². The Kier molecular flexibility index (Phi) is 5.24. The van der Waals surface area contributed by atoms with E-state index in [4.69, 9.17) is 23.7 Å². The average Bonchev–Trinajstić information content (AvgIpc) is 2.84. The standard InChI is InChI=1S/C14H20O7/c1-17-7-21-14-10(18-2)4-8(5-11(14)19-3)13-12(16)9(15)6-20-13/h4-5,9,12-13,15-16H,6-7H2,1-3H3. The first-order valence-electron chi connectivity index (χ1n) is 6.47. The molecular weight excluding hydrogens is 280 g/mol. The quantitative estimate of drug-likeness (QED) is 0.739. The molecule has 7 nitrogen and oxygen atoms in total. The van der Waals surface area contributed by atoms with Gasteiger partial charge in [-0.25, -0.2) is 0 Å². The number of hydrogen-bond donors (Lipinski definition) is 2. The molecule has 3 atom stereocenters. The van der Waals surface area contributed by atoms with Crippen LogP contribution in [0, 0.1) is 0 Å². The monoisotopic (exact) mass is 300 g/mol. The van der Waals surface area contributed by atoms with E-state index in [9.17, 15) is 10.2 Å². The lowest BCUT2D eigenvalue weighted by atomic mass is 10.0. The Labute approximate surface area is 123 Å². The van der Waals surface area contributed by atoms with Crippen molar-refractivity contribution in [1.82, 2.24) is 0 Å². The van der Waals surface area contributed by atoms with Crippen LogP contribution in [-0.2, 0) is 9.47 Å². The fourth-order valence-corrected chi connectivity index (χ4v) is 2.22. The highest BCUT2D eigenvalue weighted by atomic mass is 16.7.